The molecule has 0 unspecified atom stereocenters. The molecule has 1 aliphatic rings. The zero-order valence-electron chi connectivity index (χ0n) is 9.77. The van der Waals surface area contributed by atoms with Crippen LogP contribution in [0, 0.1) is 17.2 Å². The summed E-state index contributed by atoms with van der Waals surface area (Å²) in [5, 5.41) is 11.2. The van der Waals surface area contributed by atoms with Crippen molar-refractivity contribution in [3.05, 3.63) is 29.8 Å². The summed E-state index contributed by atoms with van der Waals surface area (Å²) in [7, 11) is 0. The molecule has 19 heavy (non-hydrogen) atoms. The average molecular weight is 258 g/mol. The number of rotatable bonds is 3. The summed E-state index contributed by atoms with van der Waals surface area (Å²) in [6.45, 7) is 0. The molecular formula is C12H10N4O3. The van der Waals surface area contributed by atoms with Crippen LogP contribution in [0.25, 0.3) is 0 Å². The third-order valence-corrected chi connectivity index (χ3v) is 2.63. The smallest absolute Gasteiger partial charge is 0.251 e. The Labute approximate surface area is 108 Å². The van der Waals surface area contributed by atoms with Crippen molar-refractivity contribution in [2.75, 3.05) is 5.32 Å². The van der Waals surface area contributed by atoms with Crippen LogP contribution in [-0.2, 0) is 14.4 Å². The zero-order chi connectivity index (χ0) is 13.8. The Bertz CT molecular complexity index is 558. The molecule has 0 spiro atoms. The lowest BCUT2D eigenvalue weighted by Crippen LogP contribution is -2.28. The van der Waals surface area contributed by atoms with Crippen molar-refractivity contribution in [2.45, 2.75) is 6.42 Å². The van der Waals surface area contributed by atoms with E-state index in [9.17, 15) is 14.4 Å². The van der Waals surface area contributed by atoms with E-state index in [4.69, 9.17) is 5.26 Å². The summed E-state index contributed by atoms with van der Waals surface area (Å²) in [4.78, 5) is 34.2. The number of nitrogens with one attached hydrogen (secondary N) is 3. The number of carbonyl (C=O) groups excluding carboxylic acids is 3. The number of hydrogen-bond donors (Lipinski definition) is 3. The Morgan fingerprint density at radius 2 is 1.79 bits per heavy atom. The standard InChI is InChI=1S/C12H10N4O3/c13-6-7-1-3-8(4-2-7)14-10(17)5-9-11(18)15-16-12(9)19/h1-4,9H,5H2,(H,14,17)(H,15,18)(H,16,19). The second-order valence-electron chi connectivity index (χ2n) is 3.97. The number of nitriles is 1. The number of hydrogen-bond acceptors (Lipinski definition) is 4. The van der Waals surface area contributed by atoms with Crippen molar-refractivity contribution in [2.24, 2.45) is 5.92 Å². The molecule has 0 aliphatic carbocycles. The maximum atomic E-state index is 11.7. The zero-order valence-corrected chi connectivity index (χ0v) is 9.77. The molecule has 1 saturated heterocycles. The third-order valence-electron chi connectivity index (χ3n) is 2.63. The van der Waals surface area contributed by atoms with Crippen LogP contribution in [0.3, 0.4) is 0 Å². The van der Waals surface area contributed by atoms with Crippen LogP contribution in [0.4, 0.5) is 5.69 Å². The Morgan fingerprint density at radius 1 is 1.21 bits per heavy atom. The van der Waals surface area contributed by atoms with Crippen LogP contribution >= 0.6 is 0 Å². The average Bonchev–Trinajstić information content (AvgIpc) is 2.71. The van der Waals surface area contributed by atoms with Gasteiger partial charge in [0.2, 0.25) is 5.91 Å². The maximum absolute atomic E-state index is 11.7. The van der Waals surface area contributed by atoms with Gasteiger partial charge < -0.3 is 5.32 Å². The molecule has 1 heterocycles. The van der Waals surface area contributed by atoms with E-state index in [1.54, 1.807) is 24.3 Å². The van der Waals surface area contributed by atoms with Crippen molar-refractivity contribution in [1.29, 1.82) is 5.26 Å². The van der Waals surface area contributed by atoms with Crippen LogP contribution in [0.1, 0.15) is 12.0 Å². The van der Waals surface area contributed by atoms with E-state index in [0.717, 1.165) is 0 Å². The van der Waals surface area contributed by atoms with E-state index in [0.29, 0.717) is 11.3 Å². The van der Waals surface area contributed by atoms with Gasteiger partial charge in [0.15, 0.2) is 0 Å². The van der Waals surface area contributed by atoms with Crippen LogP contribution < -0.4 is 16.2 Å². The molecule has 0 aromatic heterocycles. The van der Waals surface area contributed by atoms with E-state index in [2.05, 4.69) is 16.2 Å². The first-order chi connectivity index (χ1) is 9.10. The fraction of sp³-hybridized carbons (Fsp3) is 0.167. The number of carbonyl (C=O) groups is 3. The van der Waals surface area contributed by atoms with Crippen LogP contribution in [0.15, 0.2) is 24.3 Å². The van der Waals surface area contributed by atoms with Gasteiger partial charge in [0, 0.05) is 12.1 Å². The molecule has 7 nitrogen and oxygen atoms in total. The third kappa shape index (κ3) is 2.87. The van der Waals surface area contributed by atoms with E-state index in [1.807, 2.05) is 6.07 Å². The highest BCUT2D eigenvalue weighted by Gasteiger charge is 2.34. The van der Waals surface area contributed by atoms with Crippen molar-refractivity contribution in [1.82, 2.24) is 10.9 Å². The molecule has 96 valence electrons. The van der Waals surface area contributed by atoms with Crippen LogP contribution in [0.2, 0.25) is 0 Å². The molecule has 0 radical (unpaired) electrons. The number of hydrazine groups is 1. The maximum Gasteiger partial charge on any atom is 0.251 e. The Hall–Kier alpha value is -2.88. The topological polar surface area (TPSA) is 111 Å². The predicted molar refractivity (Wildman–Crippen MR) is 64.2 cm³/mol. The minimum Gasteiger partial charge on any atom is -0.326 e. The minimum absolute atomic E-state index is 0.225. The molecule has 2 rings (SSSR count). The number of anilines is 1. The number of nitrogens with zero attached hydrogens (tertiary/aromatic N) is 1. The number of amides is 3. The van der Waals surface area contributed by atoms with E-state index < -0.39 is 23.6 Å². The fourth-order valence-corrected chi connectivity index (χ4v) is 1.63. The minimum atomic E-state index is -1.00. The first kappa shape index (κ1) is 12.6. The lowest BCUT2D eigenvalue weighted by atomic mass is 10.1. The normalized spacial score (nSPS) is 14.5. The molecule has 7 heteroatoms. The largest absolute Gasteiger partial charge is 0.326 e. The molecule has 1 aromatic carbocycles. The van der Waals surface area contributed by atoms with Crippen molar-refractivity contribution in [3.63, 3.8) is 0 Å². The molecule has 0 atom stereocenters. The van der Waals surface area contributed by atoms with Gasteiger partial charge in [-0.25, -0.2) is 0 Å². The summed E-state index contributed by atoms with van der Waals surface area (Å²) >= 11 is 0. The van der Waals surface area contributed by atoms with E-state index >= 15 is 0 Å². The SMILES string of the molecule is N#Cc1ccc(NC(=O)CC2C(=O)NNC2=O)cc1. The second kappa shape index (κ2) is 5.18. The first-order valence-electron chi connectivity index (χ1n) is 5.50. The highest BCUT2D eigenvalue weighted by molar-refractivity contribution is 6.08. The molecule has 1 aliphatic heterocycles. The van der Waals surface area contributed by atoms with Crippen molar-refractivity contribution in [3.8, 4) is 6.07 Å². The van der Waals surface area contributed by atoms with Gasteiger partial charge in [0.25, 0.3) is 11.8 Å². The van der Waals surface area contributed by atoms with Gasteiger partial charge in [-0.1, -0.05) is 0 Å². The van der Waals surface area contributed by atoms with E-state index in [1.165, 1.54) is 0 Å². The highest BCUT2D eigenvalue weighted by atomic mass is 16.2. The molecule has 0 bridgehead atoms. The highest BCUT2D eigenvalue weighted by Crippen LogP contribution is 2.12. The fourth-order valence-electron chi connectivity index (χ4n) is 1.63. The Kier molecular flexibility index (Phi) is 3.43. The number of benzene rings is 1. The van der Waals surface area contributed by atoms with Gasteiger partial charge in [-0.3, -0.25) is 25.2 Å². The summed E-state index contributed by atoms with van der Waals surface area (Å²) in [5.74, 6) is -2.47. The second-order valence-corrected chi connectivity index (χ2v) is 3.97. The lowest BCUT2D eigenvalue weighted by Gasteiger charge is -2.06. The quantitative estimate of drug-likeness (QED) is 0.644. The monoisotopic (exact) mass is 258 g/mol. The summed E-state index contributed by atoms with van der Waals surface area (Å²) in [5.41, 5.74) is 5.28. The lowest BCUT2D eigenvalue weighted by molar-refractivity contribution is -0.131. The van der Waals surface area contributed by atoms with Crippen LogP contribution in [-0.4, -0.2) is 17.7 Å². The van der Waals surface area contributed by atoms with Gasteiger partial charge in [-0.15, -0.1) is 0 Å². The van der Waals surface area contributed by atoms with Gasteiger partial charge in [-0.2, -0.15) is 5.26 Å². The predicted octanol–water partition coefficient (Wildman–Crippen LogP) is -0.336. The first-order valence-corrected chi connectivity index (χ1v) is 5.50. The summed E-state index contributed by atoms with van der Waals surface area (Å²) in [6.07, 6.45) is -0.225. The summed E-state index contributed by atoms with van der Waals surface area (Å²) in [6, 6.07) is 8.23. The van der Waals surface area contributed by atoms with Gasteiger partial charge in [-0.05, 0) is 24.3 Å². The molecule has 0 saturated carbocycles. The molecular weight excluding hydrogens is 248 g/mol. The van der Waals surface area contributed by atoms with Crippen LogP contribution in [0.5, 0.6) is 0 Å². The van der Waals surface area contributed by atoms with Gasteiger partial charge in [0.1, 0.15) is 5.92 Å². The van der Waals surface area contributed by atoms with Crippen molar-refractivity contribution >= 4 is 23.4 Å². The molecule has 1 fully saturated rings. The van der Waals surface area contributed by atoms with E-state index in [-0.39, 0.29) is 6.42 Å². The van der Waals surface area contributed by atoms with Gasteiger partial charge in [0.05, 0.1) is 11.6 Å². The molecule has 3 N–H and O–H groups in total. The Morgan fingerprint density at radius 3 is 2.32 bits per heavy atom. The molecule has 3 amide bonds. The summed E-state index contributed by atoms with van der Waals surface area (Å²) < 4.78 is 0. The molecule has 1 aromatic rings. The Balaban J connectivity index is 1.95. The van der Waals surface area contributed by atoms with Crippen molar-refractivity contribution < 1.29 is 14.4 Å². The van der Waals surface area contributed by atoms with Gasteiger partial charge >= 0.3 is 0 Å².